The third kappa shape index (κ3) is 3.63. The van der Waals surface area contributed by atoms with Crippen LogP contribution < -0.4 is 4.90 Å². The summed E-state index contributed by atoms with van der Waals surface area (Å²) < 4.78 is 11.3. The van der Waals surface area contributed by atoms with Crippen LogP contribution in [0.2, 0.25) is 0 Å². The summed E-state index contributed by atoms with van der Waals surface area (Å²) in [6.45, 7) is 3.52. The van der Waals surface area contributed by atoms with E-state index in [-0.39, 0.29) is 23.5 Å². The van der Waals surface area contributed by atoms with Gasteiger partial charge in [-0.1, -0.05) is 24.6 Å². The Kier molecular flexibility index (Phi) is 6.12. The second kappa shape index (κ2) is 8.89. The Morgan fingerprint density at radius 3 is 2.42 bits per heavy atom. The summed E-state index contributed by atoms with van der Waals surface area (Å²) in [6, 6.07) is 8.67. The first-order valence-corrected chi connectivity index (χ1v) is 13.1. The molecule has 0 radical (unpaired) electrons. The van der Waals surface area contributed by atoms with Crippen LogP contribution in [0.4, 0.5) is 5.69 Å². The Hall–Kier alpha value is -2.89. The molecule has 5 rings (SSSR count). The van der Waals surface area contributed by atoms with Gasteiger partial charge in [-0.15, -0.1) is 0 Å². The number of rotatable bonds is 4. The van der Waals surface area contributed by atoms with Gasteiger partial charge >= 0.3 is 11.9 Å². The molecule has 6 nitrogen and oxygen atoms in total. The first-order chi connectivity index (χ1) is 17.1. The normalized spacial score (nSPS) is 33.2. The summed E-state index contributed by atoms with van der Waals surface area (Å²) in [5.74, 6) is -0.101. The lowest BCUT2D eigenvalue weighted by Gasteiger charge is -2.54. The number of hydrogen-bond acceptors (Lipinski definition) is 6. The quantitative estimate of drug-likeness (QED) is 0.544. The zero-order chi connectivity index (χ0) is 25.8. The molecule has 0 amide bonds. The van der Waals surface area contributed by atoms with E-state index in [1.165, 1.54) is 36.3 Å². The van der Waals surface area contributed by atoms with Crippen LogP contribution in [0, 0.1) is 17.3 Å². The molecule has 0 heterocycles. The van der Waals surface area contributed by atoms with Crippen LogP contribution in [0.25, 0.3) is 0 Å². The van der Waals surface area contributed by atoms with E-state index in [1.807, 2.05) is 20.2 Å². The van der Waals surface area contributed by atoms with E-state index in [4.69, 9.17) is 9.47 Å². The molecule has 2 saturated carbocycles. The largest absolute Gasteiger partial charge is 0.466 e. The zero-order valence-corrected chi connectivity index (χ0v) is 22.1. The number of benzene rings is 1. The maximum atomic E-state index is 13.4. The summed E-state index contributed by atoms with van der Waals surface area (Å²) in [7, 11) is 5.44. The van der Waals surface area contributed by atoms with Crippen LogP contribution in [0.5, 0.6) is 0 Å². The number of methoxy groups -OCH3 is 1. The number of ether oxygens (including phenoxy) is 2. The number of fused-ring (bicyclic) bond motifs is 4. The lowest BCUT2D eigenvalue weighted by atomic mass is 9.51. The Bertz CT molecular complexity index is 1160. The standard InChI is InChI=1S/C30H37NO5/c1-18(32)36-30(28(34)35-5)15-14-26-24-12-8-20-16-22(33)11-13-23(20)27(24)25(17-29(26,30)2)19-6-9-21(10-7-19)31(3)4/h6-7,9-10,16,24-26H,8,11-15,17H2,1-5H3/t24-,25?,26-,29-,30-/m0/s1. The number of carbonyl (C=O) groups excluding carboxylic acids is 3. The summed E-state index contributed by atoms with van der Waals surface area (Å²) in [5.41, 5.74) is 4.50. The van der Waals surface area contributed by atoms with Gasteiger partial charge in [0.1, 0.15) is 0 Å². The van der Waals surface area contributed by atoms with Crippen molar-refractivity contribution >= 4 is 23.4 Å². The van der Waals surface area contributed by atoms with Crippen LogP contribution in [-0.2, 0) is 23.9 Å². The molecule has 0 spiro atoms. The second-order valence-corrected chi connectivity index (χ2v) is 11.4. The maximum absolute atomic E-state index is 13.4. The van der Waals surface area contributed by atoms with Crippen molar-refractivity contribution in [3.8, 4) is 0 Å². The van der Waals surface area contributed by atoms with Gasteiger partial charge in [0.25, 0.3) is 0 Å². The van der Waals surface area contributed by atoms with E-state index in [1.54, 1.807) is 0 Å². The van der Waals surface area contributed by atoms with Crippen LogP contribution in [0.3, 0.4) is 0 Å². The molecule has 36 heavy (non-hydrogen) atoms. The maximum Gasteiger partial charge on any atom is 0.350 e. The first-order valence-electron chi connectivity index (χ1n) is 13.1. The van der Waals surface area contributed by atoms with Crippen molar-refractivity contribution in [1.29, 1.82) is 0 Å². The first kappa shape index (κ1) is 24.8. The number of carbonyl (C=O) groups is 3. The van der Waals surface area contributed by atoms with Gasteiger partial charge in [0, 0.05) is 44.5 Å². The van der Waals surface area contributed by atoms with E-state index in [9.17, 15) is 14.4 Å². The highest BCUT2D eigenvalue weighted by Crippen LogP contribution is 2.67. The monoisotopic (exact) mass is 491 g/mol. The molecule has 1 unspecified atom stereocenters. The fourth-order valence-corrected chi connectivity index (χ4v) is 7.91. The molecule has 5 atom stereocenters. The number of anilines is 1. The number of esters is 2. The number of ketones is 1. The van der Waals surface area contributed by atoms with Crippen molar-refractivity contribution < 1.29 is 23.9 Å². The average Bonchev–Trinajstić information content (AvgIpc) is 3.14. The molecule has 0 aliphatic heterocycles. The predicted molar refractivity (Wildman–Crippen MR) is 138 cm³/mol. The van der Waals surface area contributed by atoms with Crippen molar-refractivity contribution in [2.24, 2.45) is 17.3 Å². The van der Waals surface area contributed by atoms with Gasteiger partial charge in [-0.2, -0.15) is 0 Å². The highest BCUT2D eigenvalue weighted by Gasteiger charge is 2.69. The van der Waals surface area contributed by atoms with Crippen molar-refractivity contribution in [3.63, 3.8) is 0 Å². The molecule has 6 heteroatoms. The predicted octanol–water partition coefficient (Wildman–Crippen LogP) is 5.13. The second-order valence-electron chi connectivity index (χ2n) is 11.4. The Morgan fingerprint density at radius 1 is 1.06 bits per heavy atom. The highest BCUT2D eigenvalue weighted by atomic mass is 16.6. The molecule has 0 N–H and O–H groups in total. The van der Waals surface area contributed by atoms with Gasteiger partial charge in [-0.25, -0.2) is 4.79 Å². The molecule has 0 aromatic heterocycles. The van der Waals surface area contributed by atoms with Crippen LogP contribution >= 0.6 is 0 Å². The van der Waals surface area contributed by atoms with E-state index < -0.39 is 23.0 Å². The van der Waals surface area contributed by atoms with Gasteiger partial charge in [0.2, 0.25) is 5.60 Å². The summed E-state index contributed by atoms with van der Waals surface area (Å²) >= 11 is 0. The molecule has 4 aliphatic rings. The van der Waals surface area contributed by atoms with Crippen molar-refractivity contribution in [3.05, 3.63) is 52.6 Å². The molecular formula is C30H37NO5. The Balaban J connectivity index is 1.69. The van der Waals surface area contributed by atoms with Gasteiger partial charge in [0.15, 0.2) is 5.78 Å². The molecule has 192 valence electrons. The minimum absolute atomic E-state index is 0.0806. The SMILES string of the molecule is COC(=O)[C@@]1(OC(C)=O)CC[C@H]2[C@@H]3CCC4=CC(=O)CCC4=C3C(c3ccc(N(C)C)cc3)C[C@@]21C. The van der Waals surface area contributed by atoms with E-state index in [2.05, 4.69) is 36.1 Å². The van der Waals surface area contributed by atoms with E-state index in [0.29, 0.717) is 19.3 Å². The van der Waals surface area contributed by atoms with Gasteiger partial charge < -0.3 is 14.4 Å². The molecule has 1 aromatic carbocycles. The molecule has 4 aliphatic carbocycles. The van der Waals surface area contributed by atoms with Crippen LogP contribution in [0.1, 0.15) is 70.3 Å². The Morgan fingerprint density at radius 2 is 1.78 bits per heavy atom. The van der Waals surface area contributed by atoms with Crippen LogP contribution in [0.15, 0.2) is 47.1 Å². The lowest BCUT2D eigenvalue weighted by molar-refractivity contribution is -0.198. The van der Waals surface area contributed by atoms with Crippen molar-refractivity contribution in [1.82, 2.24) is 0 Å². The summed E-state index contributed by atoms with van der Waals surface area (Å²) in [5, 5.41) is 0. The minimum Gasteiger partial charge on any atom is -0.466 e. The third-order valence-electron chi connectivity index (χ3n) is 9.50. The number of hydrogen-bond donors (Lipinski definition) is 0. The molecule has 0 saturated heterocycles. The average molecular weight is 492 g/mol. The van der Waals surface area contributed by atoms with Crippen molar-refractivity contribution in [2.75, 3.05) is 26.1 Å². The molecule has 2 fully saturated rings. The fourth-order valence-electron chi connectivity index (χ4n) is 7.91. The molecular weight excluding hydrogens is 454 g/mol. The topological polar surface area (TPSA) is 72.9 Å². The summed E-state index contributed by atoms with van der Waals surface area (Å²) in [6.07, 6.45) is 7.03. The van der Waals surface area contributed by atoms with Gasteiger partial charge in [-0.3, -0.25) is 9.59 Å². The van der Waals surface area contributed by atoms with Gasteiger partial charge in [-0.05, 0) is 85.3 Å². The lowest BCUT2D eigenvalue weighted by Crippen LogP contribution is -2.58. The van der Waals surface area contributed by atoms with E-state index >= 15 is 0 Å². The van der Waals surface area contributed by atoms with Crippen molar-refractivity contribution in [2.45, 2.75) is 70.3 Å². The van der Waals surface area contributed by atoms with E-state index in [0.717, 1.165) is 31.4 Å². The minimum atomic E-state index is -1.28. The zero-order valence-electron chi connectivity index (χ0n) is 22.1. The fraction of sp³-hybridized carbons (Fsp3) is 0.567. The highest BCUT2D eigenvalue weighted by molar-refractivity contribution is 5.93. The Labute approximate surface area is 213 Å². The smallest absolute Gasteiger partial charge is 0.350 e. The summed E-state index contributed by atoms with van der Waals surface area (Å²) in [4.78, 5) is 40.0. The third-order valence-corrected chi connectivity index (χ3v) is 9.50. The number of nitrogens with zero attached hydrogens (tertiary/aromatic N) is 1. The number of allylic oxidation sites excluding steroid dienone is 4. The van der Waals surface area contributed by atoms with Gasteiger partial charge in [0.05, 0.1) is 7.11 Å². The molecule has 1 aromatic rings. The van der Waals surface area contributed by atoms with Crippen LogP contribution in [-0.4, -0.2) is 44.5 Å². The molecule has 0 bridgehead atoms.